The number of benzene rings is 1. The van der Waals surface area contributed by atoms with Gasteiger partial charge in [-0.1, -0.05) is 0 Å². The smallest absolute Gasteiger partial charge is 0.404 e. The molecule has 0 aliphatic rings. The van der Waals surface area contributed by atoms with Gasteiger partial charge in [0.05, 0.1) is 25.4 Å². The van der Waals surface area contributed by atoms with Crippen molar-refractivity contribution in [3.05, 3.63) is 23.9 Å². The molecule has 0 aliphatic heterocycles. The van der Waals surface area contributed by atoms with E-state index in [1.807, 2.05) is 19.2 Å². The van der Waals surface area contributed by atoms with Crippen molar-refractivity contribution in [3.8, 4) is 5.75 Å². The third-order valence-electron chi connectivity index (χ3n) is 2.76. The molecule has 0 saturated carbocycles. The maximum atomic E-state index is 10.5. The Morgan fingerprint density at radius 3 is 2.94 bits per heavy atom. The standard InChI is InChI=1S/C12H15N3O3/c1-15-10-5-8(3-4-18-12(13)16)11(17-2)6-9(10)7-14-15/h5-7H,3-4H2,1-2H3,(H2,13,16). The van der Waals surface area contributed by atoms with E-state index < -0.39 is 6.09 Å². The number of aromatic nitrogens is 2. The maximum absolute atomic E-state index is 10.5. The quantitative estimate of drug-likeness (QED) is 0.883. The van der Waals surface area contributed by atoms with Crippen LogP contribution in [-0.4, -0.2) is 29.6 Å². The topological polar surface area (TPSA) is 79.4 Å². The van der Waals surface area contributed by atoms with Crippen molar-refractivity contribution in [2.45, 2.75) is 6.42 Å². The fraction of sp³-hybridized carbons (Fsp3) is 0.333. The predicted molar refractivity (Wildman–Crippen MR) is 66.5 cm³/mol. The molecule has 0 spiro atoms. The molecule has 6 nitrogen and oxygen atoms in total. The third-order valence-corrected chi connectivity index (χ3v) is 2.76. The molecule has 1 amide bonds. The van der Waals surface area contributed by atoms with Gasteiger partial charge in [0.2, 0.25) is 0 Å². The van der Waals surface area contributed by atoms with Crippen LogP contribution in [0.1, 0.15) is 5.56 Å². The molecule has 1 aromatic carbocycles. The van der Waals surface area contributed by atoms with Gasteiger partial charge in [0.15, 0.2) is 0 Å². The van der Waals surface area contributed by atoms with Crippen molar-refractivity contribution in [2.75, 3.05) is 13.7 Å². The van der Waals surface area contributed by atoms with Crippen LogP contribution in [0.5, 0.6) is 5.75 Å². The number of ether oxygens (including phenoxy) is 2. The molecule has 0 atom stereocenters. The van der Waals surface area contributed by atoms with Crippen LogP contribution >= 0.6 is 0 Å². The second kappa shape index (κ2) is 4.95. The molecule has 0 fully saturated rings. The number of carbonyl (C=O) groups excluding carboxylic acids is 1. The summed E-state index contributed by atoms with van der Waals surface area (Å²) in [6.07, 6.45) is 1.56. The first kappa shape index (κ1) is 12.2. The van der Waals surface area contributed by atoms with Gasteiger partial charge in [-0.25, -0.2) is 4.79 Å². The first-order valence-corrected chi connectivity index (χ1v) is 5.52. The number of rotatable bonds is 4. The Hall–Kier alpha value is -2.24. The van der Waals surface area contributed by atoms with E-state index in [4.69, 9.17) is 15.2 Å². The monoisotopic (exact) mass is 249 g/mol. The van der Waals surface area contributed by atoms with Gasteiger partial charge in [-0.3, -0.25) is 4.68 Å². The number of carbonyl (C=O) groups is 1. The van der Waals surface area contributed by atoms with Crippen molar-refractivity contribution in [1.82, 2.24) is 9.78 Å². The summed E-state index contributed by atoms with van der Waals surface area (Å²) in [6, 6.07) is 3.90. The molecule has 18 heavy (non-hydrogen) atoms. The lowest BCUT2D eigenvalue weighted by Crippen LogP contribution is -2.15. The van der Waals surface area contributed by atoms with Crippen molar-refractivity contribution < 1.29 is 14.3 Å². The van der Waals surface area contributed by atoms with Crippen LogP contribution < -0.4 is 10.5 Å². The van der Waals surface area contributed by atoms with Crippen molar-refractivity contribution in [2.24, 2.45) is 12.8 Å². The number of methoxy groups -OCH3 is 1. The summed E-state index contributed by atoms with van der Waals surface area (Å²) in [5.41, 5.74) is 6.88. The fourth-order valence-electron chi connectivity index (χ4n) is 1.87. The van der Waals surface area contributed by atoms with Crippen LogP contribution in [0.25, 0.3) is 10.9 Å². The van der Waals surface area contributed by atoms with Crippen LogP contribution in [0.2, 0.25) is 0 Å². The van der Waals surface area contributed by atoms with Crippen molar-refractivity contribution >= 4 is 17.0 Å². The van der Waals surface area contributed by atoms with Gasteiger partial charge in [-0.05, 0) is 17.7 Å². The van der Waals surface area contributed by atoms with Crippen LogP contribution in [0.15, 0.2) is 18.3 Å². The lowest BCUT2D eigenvalue weighted by atomic mass is 10.1. The van der Waals surface area contributed by atoms with E-state index in [2.05, 4.69) is 5.10 Å². The Morgan fingerprint density at radius 2 is 2.28 bits per heavy atom. The molecule has 1 aromatic heterocycles. The first-order chi connectivity index (χ1) is 8.61. The molecular weight excluding hydrogens is 234 g/mol. The van der Waals surface area contributed by atoms with Crippen LogP contribution in [0, 0.1) is 0 Å². The van der Waals surface area contributed by atoms with E-state index in [1.54, 1.807) is 18.0 Å². The van der Waals surface area contributed by atoms with Gasteiger partial charge >= 0.3 is 6.09 Å². The van der Waals surface area contributed by atoms with E-state index in [9.17, 15) is 4.79 Å². The van der Waals surface area contributed by atoms with E-state index in [-0.39, 0.29) is 6.61 Å². The van der Waals surface area contributed by atoms with Gasteiger partial charge in [0.1, 0.15) is 5.75 Å². The Morgan fingerprint density at radius 1 is 1.50 bits per heavy atom. The molecule has 0 saturated heterocycles. The number of fused-ring (bicyclic) bond motifs is 1. The number of hydrogen-bond donors (Lipinski definition) is 1. The van der Waals surface area contributed by atoms with Gasteiger partial charge < -0.3 is 15.2 Å². The number of nitrogens with zero attached hydrogens (tertiary/aromatic N) is 2. The molecule has 6 heteroatoms. The molecule has 2 rings (SSSR count). The zero-order valence-electron chi connectivity index (χ0n) is 10.3. The Bertz CT molecular complexity index is 577. The van der Waals surface area contributed by atoms with Crippen LogP contribution in [0.4, 0.5) is 4.79 Å². The summed E-state index contributed by atoms with van der Waals surface area (Å²) in [5, 5.41) is 5.18. The summed E-state index contributed by atoms with van der Waals surface area (Å²) >= 11 is 0. The average molecular weight is 249 g/mol. The molecule has 0 unspecified atom stereocenters. The Kier molecular flexibility index (Phi) is 3.36. The molecule has 2 aromatic rings. The number of amides is 1. The minimum atomic E-state index is -0.768. The van der Waals surface area contributed by atoms with Crippen molar-refractivity contribution in [3.63, 3.8) is 0 Å². The zero-order valence-corrected chi connectivity index (χ0v) is 10.3. The minimum Gasteiger partial charge on any atom is -0.496 e. The second-order valence-corrected chi connectivity index (χ2v) is 3.91. The van der Waals surface area contributed by atoms with Gasteiger partial charge in [0.25, 0.3) is 0 Å². The maximum Gasteiger partial charge on any atom is 0.404 e. The lowest BCUT2D eigenvalue weighted by molar-refractivity contribution is 0.158. The number of aryl methyl sites for hydroxylation is 1. The summed E-state index contributed by atoms with van der Waals surface area (Å²) < 4.78 is 11.8. The molecule has 2 N–H and O–H groups in total. The SMILES string of the molecule is COc1cc2cnn(C)c2cc1CCOC(N)=O. The molecule has 96 valence electrons. The highest BCUT2D eigenvalue weighted by atomic mass is 16.5. The highest BCUT2D eigenvalue weighted by molar-refractivity contribution is 5.81. The first-order valence-electron chi connectivity index (χ1n) is 5.52. The summed E-state index contributed by atoms with van der Waals surface area (Å²) in [7, 11) is 3.48. The molecule has 0 aliphatic carbocycles. The Balaban J connectivity index is 2.28. The molecule has 1 heterocycles. The van der Waals surface area contributed by atoms with Crippen LogP contribution in [-0.2, 0) is 18.2 Å². The van der Waals surface area contributed by atoms with E-state index >= 15 is 0 Å². The van der Waals surface area contributed by atoms with E-state index in [0.29, 0.717) is 6.42 Å². The van der Waals surface area contributed by atoms with E-state index in [0.717, 1.165) is 22.2 Å². The molecular formula is C12H15N3O3. The molecule has 0 bridgehead atoms. The van der Waals surface area contributed by atoms with Crippen molar-refractivity contribution in [1.29, 1.82) is 0 Å². The number of primary amides is 1. The lowest BCUT2D eigenvalue weighted by Gasteiger charge is -2.09. The van der Waals surface area contributed by atoms with Gasteiger partial charge in [-0.15, -0.1) is 0 Å². The van der Waals surface area contributed by atoms with Gasteiger partial charge in [-0.2, -0.15) is 5.10 Å². The van der Waals surface area contributed by atoms with E-state index in [1.165, 1.54) is 0 Å². The molecule has 0 radical (unpaired) electrons. The number of nitrogens with two attached hydrogens (primary N) is 1. The van der Waals surface area contributed by atoms with Gasteiger partial charge in [0, 0.05) is 18.9 Å². The summed E-state index contributed by atoms with van der Waals surface area (Å²) in [5.74, 6) is 0.753. The highest BCUT2D eigenvalue weighted by Gasteiger charge is 2.09. The largest absolute Gasteiger partial charge is 0.496 e. The van der Waals surface area contributed by atoms with Crippen LogP contribution in [0.3, 0.4) is 0 Å². The normalized spacial score (nSPS) is 10.6. The highest BCUT2D eigenvalue weighted by Crippen LogP contribution is 2.26. The summed E-state index contributed by atoms with van der Waals surface area (Å²) in [4.78, 5) is 10.5. The number of hydrogen-bond acceptors (Lipinski definition) is 4. The second-order valence-electron chi connectivity index (χ2n) is 3.91. The zero-order chi connectivity index (χ0) is 13.1. The summed E-state index contributed by atoms with van der Waals surface area (Å²) in [6.45, 7) is 0.231. The fourth-order valence-corrected chi connectivity index (χ4v) is 1.87. The third kappa shape index (κ3) is 2.37. The predicted octanol–water partition coefficient (Wildman–Crippen LogP) is 1.22. The Labute approximate surface area is 104 Å². The average Bonchev–Trinajstić information content (AvgIpc) is 2.69. The minimum absolute atomic E-state index is 0.231.